The fourth-order valence-electron chi connectivity index (χ4n) is 2.87. The van der Waals surface area contributed by atoms with Gasteiger partial charge in [-0.3, -0.25) is 4.79 Å². The molecule has 2 heterocycles. The van der Waals surface area contributed by atoms with E-state index in [9.17, 15) is 22.8 Å². The van der Waals surface area contributed by atoms with E-state index in [-0.39, 0.29) is 23.6 Å². The number of ether oxygens (including phenoxy) is 1. The molecule has 3 rings (SSSR count). The van der Waals surface area contributed by atoms with Crippen LogP contribution in [0.2, 0.25) is 0 Å². The Kier molecular flexibility index (Phi) is 5.64. The number of rotatable bonds is 7. The molecule has 2 aromatic rings. The average molecular weight is 423 g/mol. The Balaban J connectivity index is 1.72. The molecule has 1 aromatic heterocycles. The quantitative estimate of drug-likeness (QED) is 0.667. The third kappa shape index (κ3) is 4.19. The van der Waals surface area contributed by atoms with Crippen molar-refractivity contribution in [1.29, 1.82) is 0 Å². The van der Waals surface area contributed by atoms with Gasteiger partial charge in [-0.2, -0.15) is 13.2 Å². The minimum atomic E-state index is -4.62. The smallest absolute Gasteiger partial charge is 0.442 e. The number of esters is 1. The van der Waals surface area contributed by atoms with Gasteiger partial charge in [-0.1, -0.05) is 38.1 Å². The van der Waals surface area contributed by atoms with Crippen molar-refractivity contribution in [2.45, 2.75) is 44.1 Å². The zero-order chi connectivity index (χ0) is 22.1. The summed E-state index contributed by atoms with van der Waals surface area (Å²) in [6, 6.07) is 4.33. The third-order valence-corrected chi connectivity index (χ3v) is 4.67. The van der Waals surface area contributed by atoms with Gasteiger partial charge in [-0.15, -0.1) is 10.2 Å². The molecular formula is C19H20F3N5O3. The van der Waals surface area contributed by atoms with Crippen LogP contribution in [0.1, 0.15) is 47.2 Å². The summed E-state index contributed by atoms with van der Waals surface area (Å²) in [7, 11) is 1.18. The highest BCUT2D eigenvalue weighted by Gasteiger charge is 2.65. The van der Waals surface area contributed by atoms with Crippen molar-refractivity contribution in [3.63, 3.8) is 0 Å². The van der Waals surface area contributed by atoms with Gasteiger partial charge in [-0.25, -0.2) is 9.78 Å². The second-order valence-electron chi connectivity index (χ2n) is 7.16. The summed E-state index contributed by atoms with van der Waals surface area (Å²) in [4.78, 5) is 31.6. The van der Waals surface area contributed by atoms with Crippen LogP contribution in [-0.4, -0.2) is 41.2 Å². The van der Waals surface area contributed by atoms with Crippen LogP contribution in [0.25, 0.3) is 0 Å². The number of carbonyl (C=O) groups excluding carboxylic acids is 2. The number of imidazole rings is 1. The Labute approximate surface area is 169 Å². The summed E-state index contributed by atoms with van der Waals surface area (Å²) in [5.41, 5.74) is -1.90. The van der Waals surface area contributed by atoms with Gasteiger partial charge in [0.25, 0.3) is 5.91 Å². The number of alkyl halides is 3. The zero-order valence-electron chi connectivity index (χ0n) is 16.4. The Morgan fingerprint density at radius 3 is 2.30 bits per heavy atom. The minimum Gasteiger partial charge on any atom is -0.467 e. The molecule has 0 bridgehead atoms. The summed E-state index contributed by atoms with van der Waals surface area (Å²) in [5, 5.41) is 8.87. The van der Waals surface area contributed by atoms with Gasteiger partial charge in [0.05, 0.1) is 13.3 Å². The summed E-state index contributed by atoms with van der Waals surface area (Å²) >= 11 is 0. The number of methoxy groups -OCH3 is 1. The number of hydrogen-bond donors (Lipinski definition) is 2. The largest absolute Gasteiger partial charge is 0.467 e. The van der Waals surface area contributed by atoms with Crippen LogP contribution in [0.15, 0.2) is 40.7 Å². The lowest BCUT2D eigenvalue weighted by atomic mass is 9.98. The summed E-state index contributed by atoms with van der Waals surface area (Å²) < 4.78 is 44.0. The number of nitrogens with zero attached hydrogens (tertiary/aromatic N) is 3. The summed E-state index contributed by atoms with van der Waals surface area (Å²) in [5.74, 6) is -0.519. The van der Waals surface area contributed by atoms with E-state index in [1.807, 2.05) is 13.8 Å². The number of benzene rings is 1. The maximum atomic E-state index is 13.1. The Morgan fingerprint density at radius 1 is 1.20 bits per heavy atom. The van der Waals surface area contributed by atoms with Crippen LogP contribution >= 0.6 is 0 Å². The lowest BCUT2D eigenvalue weighted by Crippen LogP contribution is -2.43. The van der Waals surface area contributed by atoms with Gasteiger partial charge in [0.1, 0.15) is 17.6 Å². The first kappa shape index (κ1) is 21.5. The number of aromatic amines is 1. The SMILES string of the molecule is COC(=O)C(Cc1ccc(C2(C(F)(F)F)N=N2)cc1)NC(=O)c1cnc(C(C)C)[nH]1. The van der Waals surface area contributed by atoms with E-state index in [0.717, 1.165) is 0 Å². The van der Waals surface area contributed by atoms with E-state index < -0.39 is 29.8 Å². The molecule has 1 aliphatic heterocycles. The van der Waals surface area contributed by atoms with E-state index in [4.69, 9.17) is 4.74 Å². The minimum absolute atomic E-state index is 0.0250. The van der Waals surface area contributed by atoms with Crippen LogP contribution in [-0.2, 0) is 21.6 Å². The number of amides is 1. The van der Waals surface area contributed by atoms with Gasteiger partial charge < -0.3 is 15.0 Å². The predicted octanol–water partition coefficient (Wildman–Crippen LogP) is 3.23. The zero-order valence-corrected chi connectivity index (χ0v) is 16.4. The number of hydrogen-bond acceptors (Lipinski definition) is 6. The molecule has 2 N–H and O–H groups in total. The Bertz CT molecular complexity index is 961. The lowest BCUT2D eigenvalue weighted by molar-refractivity contribution is -0.166. The molecular weight excluding hydrogens is 403 g/mol. The Hall–Kier alpha value is -3.24. The van der Waals surface area contributed by atoms with E-state index in [2.05, 4.69) is 25.5 Å². The van der Waals surface area contributed by atoms with Gasteiger partial charge in [0.15, 0.2) is 0 Å². The number of aromatic nitrogens is 2. The molecule has 1 aromatic carbocycles. The summed E-state index contributed by atoms with van der Waals surface area (Å²) in [6.45, 7) is 3.82. The van der Waals surface area contributed by atoms with Gasteiger partial charge in [0, 0.05) is 17.9 Å². The molecule has 8 nitrogen and oxygen atoms in total. The maximum absolute atomic E-state index is 13.1. The molecule has 0 saturated carbocycles. The fourth-order valence-corrected chi connectivity index (χ4v) is 2.87. The van der Waals surface area contributed by atoms with E-state index in [1.165, 1.54) is 37.6 Å². The van der Waals surface area contributed by atoms with Gasteiger partial charge in [0.2, 0.25) is 0 Å². The van der Waals surface area contributed by atoms with Gasteiger partial charge in [-0.05, 0) is 5.56 Å². The highest BCUT2D eigenvalue weighted by atomic mass is 19.4. The number of halogens is 3. The van der Waals surface area contributed by atoms with Gasteiger partial charge >= 0.3 is 17.8 Å². The summed E-state index contributed by atoms with van der Waals surface area (Å²) in [6.07, 6.45) is -3.22. The topological polar surface area (TPSA) is 109 Å². The monoisotopic (exact) mass is 423 g/mol. The first-order valence-corrected chi connectivity index (χ1v) is 9.11. The fraction of sp³-hybridized carbons (Fsp3) is 0.421. The second-order valence-corrected chi connectivity index (χ2v) is 7.16. The van der Waals surface area contributed by atoms with Crippen LogP contribution in [0.5, 0.6) is 0 Å². The first-order valence-electron chi connectivity index (χ1n) is 9.11. The van der Waals surface area contributed by atoms with Crippen molar-refractivity contribution in [1.82, 2.24) is 15.3 Å². The molecule has 0 radical (unpaired) electrons. The second kappa shape index (κ2) is 7.88. The Morgan fingerprint density at radius 2 is 1.83 bits per heavy atom. The molecule has 11 heteroatoms. The molecule has 1 atom stereocenters. The lowest BCUT2D eigenvalue weighted by Gasteiger charge is -2.18. The van der Waals surface area contributed by atoms with Crippen LogP contribution in [0, 0.1) is 0 Å². The number of nitrogens with one attached hydrogen (secondary N) is 2. The standard InChI is InChI=1S/C19H20F3N5O3/c1-10(2)15-23-9-14(24-15)16(28)25-13(17(29)30-3)8-11-4-6-12(7-5-11)18(26-27-18)19(20,21)22/h4-7,9-10,13H,8H2,1-3H3,(H,23,24)(H,25,28). The molecule has 1 amide bonds. The molecule has 30 heavy (non-hydrogen) atoms. The molecule has 160 valence electrons. The third-order valence-electron chi connectivity index (χ3n) is 4.67. The van der Waals surface area contributed by atoms with Crippen molar-refractivity contribution in [2.24, 2.45) is 10.2 Å². The highest BCUT2D eigenvalue weighted by Crippen LogP contribution is 2.52. The van der Waals surface area contributed by atoms with Crippen molar-refractivity contribution in [3.8, 4) is 0 Å². The van der Waals surface area contributed by atoms with E-state index in [0.29, 0.717) is 11.4 Å². The van der Waals surface area contributed by atoms with E-state index >= 15 is 0 Å². The van der Waals surface area contributed by atoms with Crippen molar-refractivity contribution < 1.29 is 27.5 Å². The molecule has 1 aliphatic rings. The van der Waals surface area contributed by atoms with Crippen molar-refractivity contribution in [2.75, 3.05) is 7.11 Å². The molecule has 0 saturated heterocycles. The number of carbonyl (C=O) groups is 2. The molecule has 0 aliphatic carbocycles. The first-order chi connectivity index (χ1) is 14.1. The average Bonchev–Trinajstić information content (AvgIpc) is 3.37. The molecule has 0 spiro atoms. The van der Waals surface area contributed by atoms with Crippen LogP contribution in [0.4, 0.5) is 13.2 Å². The van der Waals surface area contributed by atoms with Crippen molar-refractivity contribution in [3.05, 3.63) is 53.1 Å². The molecule has 0 fully saturated rings. The van der Waals surface area contributed by atoms with E-state index in [1.54, 1.807) is 0 Å². The van der Waals surface area contributed by atoms with Crippen molar-refractivity contribution >= 4 is 11.9 Å². The number of H-pyrrole nitrogens is 1. The van der Waals surface area contributed by atoms with Crippen LogP contribution < -0.4 is 5.32 Å². The normalized spacial score (nSPS) is 15.7. The maximum Gasteiger partial charge on any atom is 0.442 e. The highest BCUT2D eigenvalue weighted by molar-refractivity contribution is 5.95. The molecule has 1 unspecified atom stereocenters. The predicted molar refractivity (Wildman–Crippen MR) is 98.7 cm³/mol. The van der Waals surface area contributed by atoms with Crippen LogP contribution in [0.3, 0.4) is 0 Å².